The average Bonchev–Trinajstić information content (AvgIpc) is 2.56. The number of alkyl halides is 3. The second-order valence-corrected chi connectivity index (χ2v) is 5.93. The van der Waals surface area contributed by atoms with Gasteiger partial charge in [0.25, 0.3) is 5.91 Å². The van der Waals surface area contributed by atoms with Crippen LogP contribution in [0.2, 0.25) is 0 Å². The Morgan fingerprint density at radius 3 is 2.44 bits per heavy atom. The van der Waals surface area contributed by atoms with E-state index in [1.54, 1.807) is 0 Å². The lowest BCUT2D eigenvalue weighted by Crippen LogP contribution is -2.57. The average molecular weight is 413 g/mol. The van der Waals surface area contributed by atoms with Gasteiger partial charge in [-0.1, -0.05) is 0 Å². The third kappa shape index (κ3) is 6.64. The summed E-state index contributed by atoms with van der Waals surface area (Å²) in [6.45, 7) is 1.80. The van der Waals surface area contributed by atoms with E-state index in [4.69, 9.17) is 0 Å². The van der Waals surface area contributed by atoms with E-state index in [9.17, 15) is 27.2 Å². The first kappa shape index (κ1) is 23.1. The number of hydrogen-bond acceptors (Lipinski definition) is 4. The summed E-state index contributed by atoms with van der Waals surface area (Å²) in [5.41, 5.74) is -0.254. The van der Waals surface area contributed by atoms with Crippen molar-refractivity contribution < 1.29 is 27.2 Å². The Labute approximate surface area is 160 Å². The van der Waals surface area contributed by atoms with Gasteiger partial charge in [0, 0.05) is 45.3 Å². The van der Waals surface area contributed by atoms with E-state index in [-0.39, 0.29) is 31.2 Å². The number of piperazine rings is 1. The highest BCUT2D eigenvalue weighted by atomic mass is 35.5. The number of nitrogens with zero attached hydrogens (tertiary/aromatic N) is 1. The summed E-state index contributed by atoms with van der Waals surface area (Å²) in [4.78, 5) is 24.4. The van der Waals surface area contributed by atoms with Gasteiger partial charge in [-0.25, -0.2) is 4.39 Å². The number of nitrogens with one attached hydrogen (secondary N) is 3. The Bertz CT molecular complexity index is 666. The molecule has 0 bridgehead atoms. The molecule has 152 valence electrons. The molecule has 11 heteroatoms. The van der Waals surface area contributed by atoms with Gasteiger partial charge in [-0.3, -0.25) is 14.5 Å². The van der Waals surface area contributed by atoms with Gasteiger partial charge in [0.05, 0.1) is 5.56 Å². The molecule has 1 heterocycles. The smallest absolute Gasteiger partial charge is 0.350 e. The summed E-state index contributed by atoms with van der Waals surface area (Å²) in [5.74, 6) is -2.28. The molecular weight excluding hydrogens is 392 g/mol. The summed E-state index contributed by atoms with van der Waals surface area (Å²) >= 11 is 0. The fourth-order valence-corrected chi connectivity index (χ4v) is 2.71. The van der Waals surface area contributed by atoms with Gasteiger partial charge in [0.2, 0.25) is 5.91 Å². The molecule has 1 fully saturated rings. The van der Waals surface area contributed by atoms with Crippen LogP contribution in [0.5, 0.6) is 0 Å². The maximum Gasteiger partial charge on any atom is 0.405 e. The zero-order valence-corrected chi connectivity index (χ0v) is 15.3. The molecule has 0 radical (unpaired) electrons. The molecule has 1 aromatic carbocycles. The summed E-state index contributed by atoms with van der Waals surface area (Å²) in [6.07, 6.45) is -4.53. The lowest BCUT2D eigenvalue weighted by molar-refractivity contribution is -0.183. The van der Waals surface area contributed by atoms with E-state index in [2.05, 4.69) is 16.0 Å². The van der Waals surface area contributed by atoms with Gasteiger partial charge in [0.1, 0.15) is 11.9 Å². The molecule has 27 heavy (non-hydrogen) atoms. The van der Waals surface area contributed by atoms with E-state index in [1.165, 1.54) is 17.9 Å². The maximum atomic E-state index is 13.9. The monoisotopic (exact) mass is 412 g/mol. The third-order valence-electron chi connectivity index (χ3n) is 3.96. The van der Waals surface area contributed by atoms with Crippen LogP contribution >= 0.6 is 12.4 Å². The van der Waals surface area contributed by atoms with Crippen molar-refractivity contribution in [3.63, 3.8) is 0 Å². The molecule has 6 nitrogen and oxygen atoms in total. The second-order valence-electron chi connectivity index (χ2n) is 5.93. The zero-order valence-electron chi connectivity index (χ0n) is 14.5. The minimum absolute atomic E-state index is 0. The normalized spacial score (nSPS) is 16.2. The standard InChI is InChI=1S/C16H20F4N4O2.ClH/c1-10(25)23-11-2-3-13(17)12(8-11)15(26)22-9-14(16(18,19)20)24-6-4-21-5-7-24;/h2-3,8,14,21H,4-7,9H2,1H3,(H,22,26)(H,23,25);1H. The first-order chi connectivity index (χ1) is 12.2. The topological polar surface area (TPSA) is 73.5 Å². The number of hydrogen-bond donors (Lipinski definition) is 3. The van der Waals surface area contributed by atoms with Crippen molar-refractivity contribution in [1.82, 2.24) is 15.5 Å². The van der Waals surface area contributed by atoms with Crippen LogP contribution in [0.25, 0.3) is 0 Å². The van der Waals surface area contributed by atoms with Crippen molar-refractivity contribution in [1.29, 1.82) is 0 Å². The number of carbonyl (C=O) groups excluding carboxylic acids is 2. The highest BCUT2D eigenvalue weighted by Crippen LogP contribution is 2.25. The quantitative estimate of drug-likeness (QED) is 0.644. The molecule has 0 spiro atoms. The van der Waals surface area contributed by atoms with Crippen LogP contribution in [0.15, 0.2) is 18.2 Å². The van der Waals surface area contributed by atoms with Gasteiger partial charge in [-0.2, -0.15) is 13.2 Å². The van der Waals surface area contributed by atoms with E-state index in [0.29, 0.717) is 13.1 Å². The van der Waals surface area contributed by atoms with Crippen molar-refractivity contribution in [2.75, 3.05) is 38.0 Å². The van der Waals surface area contributed by atoms with Crippen LogP contribution in [0.1, 0.15) is 17.3 Å². The summed E-state index contributed by atoms with van der Waals surface area (Å²) in [7, 11) is 0. The van der Waals surface area contributed by atoms with E-state index < -0.39 is 42.0 Å². The molecule has 3 N–H and O–H groups in total. The molecule has 1 aliphatic heterocycles. The molecule has 1 saturated heterocycles. The Hall–Kier alpha value is -1.91. The molecule has 0 aromatic heterocycles. The summed E-state index contributed by atoms with van der Waals surface area (Å²) in [6, 6.07) is 1.46. The van der Waals surface area contributed by atoms with Crippen LogP contribution in [-0.4, -0.2) is 61.7 Å². The van der Waals surface area contributed by atoms with E-state index in [0.717, 1.165) is 12.1 Å². The number of benzene rings is 1. The molecule has 1 aromatic rings. The minimum Gasteiger partial charge on any atom is -0.350 e. The van der Waals surface area contributed by atoms with E-state index in [1.807, 2.05) is 0 Å². The Morgan fingerprint density at radius 1 is 1.26 bits per heavy atom. The highest BCUT2D eigenvalue weighted by molar-refractivity contribution is 5.97. The zero-order chi connectivity index (χ0) is 19.3. The van der Waals surface area contributed by atoms with Crippen molar-refractivity contribution in [3.05, 3.63) is 29.6 Å². The number of carbonyl (C=O) groups is 2. The fourth-order valence-electron chi connectivity index (χ4n) is 2.71. The maximum absolute atomic E-state index is 13.9. The Morgan fingerprint density at radius 2 is 1.89 bits per heavy atom. The van der Waals surface area contributed by atoms with Crippen molar-refractivity contribution in [2.24, 2.45) is 0 Å². The molecule has 0 aliphatic carbocycles. The van der Waals surface area contributed by atoms with Crippen molar-refractivity contribution >= 4 is 29.9 Å². The largest absolute Gasteiger partial charge is 0.405 e. The van der Waals surface area contributed by atoms with E-state index >= 15 is 0 Å². The van der Waals surface area contributed by atoms with Crippen molar-refractivity contribution in [2.45, 2.75) is 19.1 Å². The first-order valence-corrected chi connectivity index (χ1v) is 8.05. The summed E-state index contributed by atoms with van der Waals surface area (Å²) in [5, 5.41) is 7.50. The summed E-state index contributed by atoms with van der Waals surface area (Å²) < 4.78 is 53.8. The number of anilines is 1. The van der Waals surface area contributed by atoms with Crippen LogP contribution in [0.4, 0.5) is 23.2 Å². The lowest BCUT2D eigenvalue weighted by Gasteiger charge is -2.35. The first-order valence-electron chi connectivity index (χ1n) is 8.05. The SMILES string of the molecule is CC(=O)Nc1ccc(F)c(C(=O)NCC(N2CCNCC2)C(F)(F)F)c1.Cl. The van der Waals surface area contributed by atoms with Gasteiger partial charge < -0.3 is 16.0 Å². The molecule has 2 amide bonds. The Kier molecular flexibility index (Phi) is 8.45. The molecule has 1 aliphatic rings. The molecular formula is C16H21ClF4N4O2. The second kappa shape index (κ2) is 9.86. The molecule has 1 unspecified atom stereocenters. The molecule has 0 saturated carbocycles. The predicted octanol–water partition coefficient (Wildman–Crippen LogP) is 1.77. The number of amides is 2. The third-order valence-corrected chi connectivity index (χ3v) is 3.96. The number of halogens is 5. The van der Waals surface area contributed by atoms with Crippen LogP contribution in [0, 0.1) is 5.82 Å². The fraction of sp³-hybridized carbons (Fsp3) is 0.500. The highest BCUT2D eigenvalue weighted by Gasteiger charge is 2.43. The minimum atomic E-state index is -4.53. The van der Waals surface area contributed by atoms with Crippen LogP contribution in [-0.2, 0) is 4.79 Å². The van der Waals surface area contributed by atoms with Crippen molar-refractivity contribution in [3.8, 4) is 0 Å². The molecule has 2 rings (SSSR count). The van der Waals surface area contributed by atoms with Gasteiger partial charge in [-0.15, -0.1) is 12.4 Å². The molecule has 1 atom stereocenters. The Balaban J connectivity index is 0.00000364. The lowest BCUT2D eigenvalue weighted by atomic mass is 10.1. The van der Waals surface area contributed by atoms with Gasteiger partial charge >= 0.3 is 6.18 Å². The number of rotatable bonds is 5. The van der Waals surface area contributed by atoms with Gasteiger partial charge in [-0.05, 0) is 18.2 Å². The predicted molar refractivity (Wildman–Crippen MR) is 94.6 cm³/mol. The van der Waals surface area contributed by atoms with Crippen LogP contribution in [0.3, 0.4) is 0 Å². The van der Waals surface area contributed by atoms with Gasteiger partial charge in [0.15, 0.2) is 0 Å². The van der Waals surface area contributed by atoms with Crippen LogP contribution < -0.4 is 16.0 Å².